The van der Waals surface area contributed by atoms with Crippen LogP contribution in [0.2, 0.25) is 0 Å². The predicted octanol–water partition coefficient (Wildman–Crippen LogP) is 2.17. The van der Waals surface area contributed by atoms with Gasteiger partial charge >= 0.3 is 0 Å². The van der Waals surface area contributed by atoms with Crippen molar-refractivity contribution in [1.82, 2.24) is 4.98 Å². The number of carbonyl (C=O) groups excluding carboxylic acids is 1. The molecule has 2 aromatic rings. The highest BCUT2D eigenvalue weighted by atomic mass is 19.1. The van der Waals surface area contributed by atoms with Crippen LogP contribution in [0.15, 0.2) is 30.3 Å². The highest BCUT2D eigenvalue weighted by Gasteiger charge is 2.08. The van der Waals surface area contributed by atoms with Crippen molar-refractivity contribution in [3.8, 4) is 17.0 Å². The maximum Gasteiger partial charge on any atom is 0.217 e. The molecule has 0 aliphatic heterocycles. The van der Waals surface area contributed by atoms with Gasteiger partial charge in [0.25, 0.3) is 0 Å². The van der Waals surface area contributed by atoms with E-state index in [-0.39, 0.29) is 6.54 Å². The first-order valence-electron chi connectivity index (χ1n) is 5.68. The summed E-state index contributed by atoms with van der Waals surface area (Å²) in [6, 6.07) is 8.23. The van der Waals surface area contributed by atoms with Crippen LogP contribution in [0.4, 0.5) is 4.39 Å². The first-order chi connectivity index (χ1) is 9.19. The summed E-state index contributed by atoms with van der Waals surface area (Å²) in [7, 11) is 1.48. The SMILES string of the molecule is COc1ccc(-c2ccc(CN)c(F)n2)cc1C=O. The van der Waals surface area contributed by atoms with E-state index in [0.29, 0.717) is 34.4 Å². The molecule has 0 aliphatic rings. The van der Waals surface area contributed by atoms with Gasteiger partial charge in [-0.25, -0.2) is 4.98 Å². The number of nitrogens with zero attached hydrogens (tertiary/aromatic N) is 1. The maximum absolute atomic E-state index is 13.6. The Morgan fingerprint density at radius 1 is 1.37 bits per heavy atom. The molecule has 1 heterocycles. The standard InChI is InChI=1S/C14H13FN2O2/c1-19-13-5-3-9(6-11(13)8-18)12-4-2-10(7-16)14(15)17-12/h2-6,8H,7,16H2,1H3. The van der Waals surface area contributed by atoms with Crippen LogP contribution < -0.4 is 10.5 Å². The molecule has 0 amide bonds. The monoisotopic (exact) mass is 260 g/mol. The van der Waals surface area contributed by atoms with Crippen molar-refractivity contribution in [2.24, 2.45) is 5.73 Å². The van der Waals surface area contributed by atoms with Crippen molar-refractivity contribution >= 4 is 6.29 Å². The van der Waals surface area contributed by atoms with Gasteiger partial charge in [0.2, 0.25) is 5.95 Å². The number of ether oxygens (including phenoxy) is 1. The maximum atomic E-state index is 13.6. The lowest BCUT2D eigenvalue weighted by molar-refractivity contribution is 0.112. The van der Waals surface area contributed by atoms with E-state index >= 15 is 0 Å². The summed E-state index contributed by atoms with van der Waals surface area (Å²) in [5, 5.41) is 0. The van der Waals surface area contributed by atoms with Crippen molar-refractivity contribution in [1.29, 1.82) is 0 Å². The summed E-state index contributed by atoms with van der Waals surface area (Å²) in [6.45, 7) is 0.0985. The summed E-state index contributed by atoms with van der Waals surface area (Å²) in [4.78, 5) is 14.8. The van der Waals surface area contributed by atoms with E-state index in [1.54, 1.807) is 30.3 Å². The molecule has 0 fully saturated rings. The van der Waals surface area contributed by atoms with Gasteiger partial charge < -0.3 is 10.5 Å². The van der Waals surface area contributed by atoms with Gasteiger partial charge in [-0.3, -0.25) is 4.79 Å². The first kappa shape index (κ1) is 13.2. The minimum atomic E-state index is -0.594. The van der Waals surface area contributed by atoms with E-state index in [4.69, 9.17) is 10.5 Å². The molecule has 0 saturated carbocycles. The van der Waals surface area contributed by atoms with Crippen LogP contribution in [0.5, 0.6) is 5.75 Å². The van der Waals surface area contributed by atoms with Gasteiger partial charge in [0.1, 0.15) is 5.75 Å². The van der Waals surface area contributed by atoms with Crippen LogP contribution >= 0.6 is 0 Å². The molecule has 98 valence electrons. The first-order valence-corrected chi connectivity index (χ1v) is 5.68. The molecule has 2 rings (SSSR count). The lowest BCUT2D eigenvalue weighted by atomic mass is 10.1. The van der Waals surface area contributed by atoms with Gasteiger partial charge in [-0.1, -0.05) is 6.07 Å². The van der Waals surface area contributed by atoms with Gasteiger partial charge in [0, 0.05) is 17.7 Å². The fourth-order valence-electron chi connectivity index (χ4n) is 1.76. The molecule has 0 bridgehead atoms. The summed E-state index contributed by atoms with van der Waals surface area (Å²) >= 11 is 0. The third kappa shape index (κ3) is 2.61. The average Bonchev–Trinajstić information content (AvgIpc) is 2.46. The van der Waals surface area contributed by atoms with Crippen LogP contribution in [-0.4, -0.2) is 18.4 Å². The zero-order valence-corrected chi connectivity index (χ0v) is 10.4. The van der Waals surface area contributed by atoms with Crippen molar-refractivity contribution in [2.75, 3.05) is 7.11 Å². The molecule has 1 aromatic carbocycles. The van der Waals surface area contributed by atoms with E-state index in [2.05, 4.69) is 4.98 Å². The van der Waals surface area contributed by atoms with Crippen molar-refractivity contribution in [2.45, 2.75) is 6.54 Å². The quantitative estimate of drug-likeness (QED) is 0.676. The Labute approximate surface area is 110 Å². The number of halogens is 1. The molecule has 0 radical (unpaired) electrons. The molecule has 4 nitrogen and oxygen atoms in total. The molecule has 0 atom stereocenters. The summed E-state index contributed by atoms with van der Waals surface area (Å²) in [5.41, 5.74) is 7.22. The fraction of sp³-hybridized carbons (Fsp3) is 0.143. The lowest BCUT2D eigenvalue weighted by Gasteiger charge is -2.07. The number of pyridine rings is 1. The average molecular weight is 260 g/mol. The molecule has 1 aromatic heterocycles. The van der Waals surface area contributed by atoms with Crippen molar-refractivity contribution < 1.29 is 13.9 Å². The largest absolute Gasteiger partial charge is 0.496 e. The van der Waals surface area contributed by atoms with Gasteiger partial charge in [0.05, 0.1) is 18.4 Å². The minimum absolute atomic E-state index is 0.0985. The second kappa shape index (κ2) is 5.58. The molecule has 0 spiro atoms. The lowest BCUT2D eigenvalue weighted by Crippen LogP contribution is -2.02. The Hall–Kier alpha value is -2.27. The van der Waals surface area contributed by atoms with E-state index < -0.39 is 5.95 Å². The number of aldehydes is 1. The van der Waals surface area contributed by atoms with Crippen LogP contribution in [0, 0.1) is 5.95 Å². The van der Waals surface area contributed by atoms with Gasteiger partial charge in [0.15, 0.2) is 6.29 Å². The van der Waals surface area contributed by atoms with Crippen LogP contribution in [0.25, 0.3) is 11.3 Å². The number of methoxy groups -OCH3 is 1. The molecule has 0 aliphatic carbocycles. The number of carbonyl (C=O) groups is 1. The Kier molecular flexibility index (Phi) is 3.87. The van der Waals surface area contributed by atoms with E-state index in [0.717, 1.165) is 0 Å². The number of nitrogens with two attached hydrogens (primary N) is 1. The topological polar surface area (TPSA) is 65.2 Å². The van der Waals surface area contributed by atoms with Crippen LogP contribution in [0.3, 0.4) is 0 Å². The number of benzene rings is 1. The van der Waals surface area contributed by atoms with Crippen molar-refractivity contribution in [3.63, 3.8) is 0 Å². The van der Waals surface area contributed by atoms with E-state index in [9.17, 15) is 9.18 Å². The number of hydrogen-bond donors (Lipinski definition) is 1. The third-order valence-electron chi connectivity index (χ3n) is 2.80. The molecule has 0 saturated heterocycles. The molecular weight excluding hydrogens is 247 g/mol. The predicted molar refractivity (Wildman–Crippen MR) is 69.5 cm³/mol. The normalized spacial score (nSPS) is 10.3. The number of hydrogen-bond acceptors (Lipinski definition) is 4. The number of rotatable bonds is 4. The van der Waals surface area contributed by atoms with Gasteiger partial charge in [-0.15, -0.1) is 0 Å². The zero-order valence-electron chi connectivity index (χ0n) is 10.4. The van der Waals surface area contributed by atoms with Gasteiger partial charge in [-0.05, 0) is 24.3 Å². The molecule has 0 unspecified atom stereocenters. The van der Waals surface area contributed by atoms with Crippen LogP contribution in [-0.2, 0) is 6.54 Å². The summed E-state index contributed by atoms with van der Waals surface area (Å²) in [6.07, 6.45) is 0.687. The fourth-order valence-corrected chi connectivity index (χ4v) is 1.76. The third-order valence-corrected chi connectivity index (χ3v) is 2.80. The summed E-state index contributed by atoms with van der Waals surface area (Å²) in [5.74, 6) is -0.124. The second-order valence-electron chi connectivity index (χ2n) is 3.93. The molecule has 19 heavy (non-hydrogen) atoms. The highest BCUT2D eigenvalue weighted by molar-refractivity contribution is 5.82. The van der Waals surface area contributed by atoms with Gasteiger partial charge in [-0.2, -0.15) is 4.39 Å². The Bertz CT molecular complexity index is 614. The van der Waals surface area contributed by atoms with Crippen molar-refractivity contribution in [3.05, 3.63) is 47.4 Å². The Balaban J connectivity index is 2.47. The zero-order chi connectivity index (χ0) is 13.8. The minimum Gasteiger partial charge on any atom is -0.496 e. The summed E-state index contributed by atoms with van der Waals surface area (Å²) < 4.78 is 18.6. The molecule has 5 heteroatoms. The smallest absolute Gasteiger partial charge is 0.217 e. The Morgan fingerprint density at radius 3 is 2.74 bits per heavy atom. The Morgan fingerprint density at radius 2 is 2.16 bits per heavy atom. The molecule has 2 N–H and O–H groups in total. The molecular formula is C14H13FN2O2. The van der Waals surface area contributed by atoms with Crippen LogP contribution in [0.1, 0.15) is 15.9 Å². The highest BCUT2D eigenvalue weighted by Crippen LogP contribution is 2.25. The van der Waals surface area contributed by atoms with E-state index in [1.807, 2.05) is 0 Å². The number of aromatic nitrogens is 1. The second-order valence-corrected chi connectivity index (χ2v) is 3.93. The van der Waals surface area contributed by atoms with E-state index in [1.165, 1.54) is 7.11 Å².